The van der Waals surface area contributed by atoms with Gasteiger partial charge in [0.05, 0.1) is 7.11 Å². The predicted octanol–water partition coefficient (Wildman–Crippen LogP) is 2.30. The van der Waals surface area contributed by atoms with Gasteiger partial charge in [0.15, 0.2) is 0 Å². The summed E-state index contributed by atoms with van der Waals surface area (Å²) >= 11 is 0. The van der Waals surface area contributed by atoms with Gasteiger partial charge in [0, 0.05) is 25.6 Å². The fraction of sp³-hybridized carbons (Fsp3) is 0.529. The fourth-order valence-electron chi connectivity index (χ4n) is 2.86. The van der Waals surface area contributed by atoms with Crippen molar-refractivity contribution in [3.63, 3.8) is 0 Å². The number of alkyl halides is 3. The van der Waals surface area contributed by atoms with E-state index in [-0.39, 0.29) is 31.5 Å². The van der Waals surface area contributed by atoms with Crippen LogP contribution in [0.25, 0.3) is 0 Å². The second kappa shape index (κ2) is 8.22. The minimum absolute atomic E-state index is 0.00417. The maximum absolute atomic E-state index is 12.4. The summed E-state index contributed by atoms with van der Waals surface area (Å²) in [5, 5.41) is 2.83. The third-order valence-electron chi connectivity index (χ3n) is 4.20. The highest BCUT2D eigenvalue weighted by Crippen LogP contribution is 2.22. The van der Waals surface area contributed by atoms with Crippen molar-refractivity contribution >= 4 is 11.8 Å². The van der Waals surface area contributed by atoms with Crippen molar-refractivity contribution in [2.24, 2.45) is 0 Å². The van der Waals surface area contributed by atoms with Gasteiger partial charge >= 0.3 is 12.1 Å². The van der Waals surface area contributed by atoms with Gasteiger partial charge in [-0.25, -0.2) is 0 Å². The molecule has 0 aliphatic carbocycles. The molecule has 1 N–H and O–H groups in total. The van der Waals surface area contributed by atoms with Crippen molar-refractivity contribution in [2.45, 2.75) is 37.9 Å². The normalized spacial score (nSPS) is 15.8. The van der Waals surface area contributed by atoms with E-state index in [9.17, 15) is 22.8 Å². The molecule has 2 amide bonds. The monoisotopic (exact) mass is 358 g/mol. The van der Waals surface area contributed by atoms with Gasteiger partial charge in [-0.3, -0.25) is 9.59 Å². The molecule has 1 aromatic carbocycles. The fourth-order valence-corrected chi connectivity index (χ4v) is 2.86. The molecular weight excluding hydrogens is 337 g/mol. The molecule has 1 aliphatic rings. The molecule has 0 radical (unpaired) electrons. The molecule has 1 aromatic rings. The number of hydrogen-bond donors (Lipinski definition) is 1. The number of benzene rings is 1. The van der Waals surface area contributed by atoms with E-state index in [0.717, 1.165) is 10.5 Å². The number of para-hydroxylation sites is 1. The van der Waals surface area contributed by atoms with Crippen LogP contribution in [0.4, 0.5) is 13.2 Å². The molecule has 0 spiro atoms. The molecule has 0 unspecified atom stereocenters. The van der Waals surface area contributed by atoms with Crippen LogP contribution in [0.3, 0.4) is 0 Å². The van der Waals surface area contributed by atoms with Crippen LogP contribution >= 0.6 is 0 Å². The molecule has 5 nitrogen and oxygen atoms in total. The van der Waals surface area contributed by atoms with E-state index in [2.05, 4.69) is 5.32 Å². The molecule has 0 saturated carbocycles. The summed E-state index contributed by atoms with van der Waals surface area (Å²) in [5.74, 6) is -1.26. The Labute approximate surface area is 144 Å². The van der Waals surface area contributed by atoms with Gasteiger partial charge in [-0.1, -0.05) is 18.2 Å². The summed E-state index contributed by atoms with van der Waals surface area (Å²) in [5.41, 5.74) is 0.922. The number of nitrogens with zero attached hydrogens (tertiary/aromatic N) is 1. The maximum atomic E-state index is 12.4. The van der Waals surface area contributed by atoms with Crippen LogP contribution in [0.1, 0.15) is 24.8 Å². The Bertz CT molecular complexity index is 611. The molecular formula is C17H21F3N2O3. The number of piperidine rings is 1. The van der Waals surface area contributed by atoms with E-state index in [1.165, 1.54) is 0 Å². The third kappa shape index (κ3) is 5.37. The number of likely N-dealkylation sites (tertiary alicyclic amines) is 1. The highest BCUT2D eigenvalue weighted by molar-refractivity contribution is 5.82. The molecule has 0 aromatic heterocycles. The van der Waals surface area contributed by atoms with E-state index in [0.29, 0.717) is 25.0 Å². The van der Waals surface area contributed by atoms with Gasteiger partial charge in [0.1, 0.15) is 5.75 Å². The number of methoxy groups -OCH3 is 1. The van der Waals surface area contributed by atoms with E-state index in [1.807, 2.05) is 24.3 Å². The van der Waals surface area contributed by atoms with Crippen molar-refractivity contribution < 1.29 is 27.5 Å². The molecule has 1 saturated heterocycles. The summed E-state index contributed by atoms with van der Waals surface area (Å²) in [4.78, 5) is 24.0. The first kappa shape index (κ1) is 19.1. The summed E-state index contributed by atoms with van der Waals surface area (Å²) in [6.45, 7) is -0.00834. The van der Waals surface area contributed by atoms with Crippen LogP contribution in [-0.2, 0) is 16.0 Å². The van der Waals surface area contributed by atoms with Crippen LogP contribution in [0, 0.1) is 0 Å². The molecule has 25 heavy (non-hydrogen) atoms. The van der Waals surface area contributed by atoms with Gasteiger partial charge < -0.3 is 15.0 Å². The number of amides is 2. The summed E-state index contributed by atoms with van der Waals surface area (Å²) in [6, 6.07) is 7.21. The zero-order chi connectivity index (χ0) is 18.4. The highest BCUT2D eigenvalue weighted by Gasteiger charge is 2.43. The van der Waals surface area contributed by atoms with E-state index in [1.54, 1.807) is 7.11 Å². The molecule has 1 fully saturated rings. The molecule has 1 heterocycles. The highest BCUT2D eigenvalue weighted by atomic mass is 19.4. The van der Waals surface area contributed by atoms with Crippen LogP contribution in [-0.4, -0.2) is 49.1 Å². The average molecular weight is 358 g/mol. The van der Waals surface area contributed by atoms with Crippen molar-refractivity contribution in [1.82, 2.24) is 10.2 Å². The Hall–Kier alpha value is -2.25. The van der Waals surface area contributed by atoms with Crippen molar-refractivity contribution in [1.29, 1.82) is 0 Å². The molecule has 0 atom stereocenters. The van der Waals surface area contributed by atoms with Gasteiger partial charge in [-0.15, -0.1) is 0 Å². The largest absolute Gasteiger partial charge is 0.496 e. The zero-order valence-corrected chi connectivity index (χ0v) is 13.9. The molecule has 2 rings (SSSR count). The van der Waals surface area contributed by atoms with E-state index in [4.69, 9.17) is 4.74 Å². The Morgan fingerprint density at radius 3 is 2.48 bits per heavy atom. The lowest BCUT2D eigenvalue weighted by atomic mass is 10.0. The number of ether oxygens (including phenoxy) is 1. The van der Waals surface area contributed by atoms with E-state index >= 15 is 0 Å². The zero-order valence-electron chi connectivity index (χ0n) is 13.9. The average Bonchev–Trinajstić information content (AvgIpc) is 2.59. The molecule has 138 valence electrons. The van der Waals surface area contributed by atoms with Crippen LogP contribution in [0.5, 0.6) is 5.75 Å². The maximum Gasteiger partial charge on any atom is 0.471 e. The van der Waals surface area contributed by atoms with Crippen molar-refractivity contribution in [2.75, 3.05) is 20.2 Å². The Morgan fingerprint density at radius 2 is 1.88 bits per heavy atom. The first-order valence-electron chi connectivity index (χ1n) is 8.08. The van der Waals surface area contributed by atoms with Crippen LogP contribution < -0.4 is 10.1 Å². The van der Waals surface area contributed by atoms with Crippen molar-refractivity contribution in [3.05, 3.63) is 29.8 Å². The molecule has 8 heteroatoms. The second-order valence-electron chi connectivity index (χ2n) is 5.94. The number of hydrogen-bond acceptors (Lipinski definition) is 3. The Morgan fingerprint density at radius 1 is 1.24 bits per heavy atom. The van der Waals surface area contributed by atoms with Crippen LogP contribution in [0.2, 0.25) is 0 Å². The Balaban J connectivity index is 1.76. The first-order chi connectivity index (χ1) is 11.8. The Kier molecular flexibility index (Phi) is 6.27. The van der Waals surface area contributed by atoms with Crippen molar-refractivity contribution in [3.8, 4) is 5.75 Å². The smallest absolute Gasteiger partial charge is 0.471 e. The predicted molar refractivity (Wildman–Crippen MR) is 85.1 cm³/mol. The number of aryl methyl sites for hydroxylation is 1. The van der Waals surface area contributed by atoms with Gasteiger partial charge in [-0.2, -0.15) is 13.2 Å². The number of rotatable bonds is 5. The third-order valence-corrected chi connectivity index (χ3v) is 4.20. The number of nitrogens with one attached hydrogen (secondary N) is 1. The lowest BCUT2D eigenvalue weighted by Gasteiger charge is -2.32. The lowest BCUT2D eigenvalue weighted by Crippen LogP contribution is -2.50. The minimum Gasteiger partial charge on any atom is -0.496 e. The second-order valence-corrected chi connectivity index (χ2v) is 5.94. The van der Waals surface area contributed by atoms with Gasteiger partial charge in [0.25, 0.3) is 0 Å². The topological polar surface area (TPSA) is 58.6 Å². The van der Waals surface area contributed by atoms with Gasteiger partial charge in [-0.05, 0) is 30.9 Å². The SMILES string of the molecule is COc1ccccc1CCC(=O)NC1CCN(C(=O)C(F)(F)F)CC1. The van der Waals surface area contributed by atoms with Gasteiger partial charge in [0.2, 0.25) is 5.91 Å². The first-order valence-corrected chi connectivity index (χ1v) is 8.08. The molecule has 0 bridgehead atoms. The summed E-state index contributed by atoms with van der Waals surface area (Å²) in [6.07, 6.45) is -3.42. The quantitative estimate of drug-likeness (QED) is 0.879. The standard InChI is InChI=1S/C17H21F3N2O3/c1-25-14-5-3-2-4-12(14)6-7-15(23)21-13-8-10-22(11-9-13)16(24)17(18,19)20/h2-5,13H,6-11H2,1H3,(H,21,23). The minimum atomic E-state index is -4.84. The number of carbonyl (C=O) groups excluding carboxylic acids is 2. The summed E-state index contributed by atoms with van der Waals surface area (Å²) < 4.78 is 42.4. The number of halogens is 3. The molecule has 1 aliphatic heterocycles. The lowest BCUT2D eigenvalue weighted by molar-refractivity contribution is -0.186. The van der Waals surface area contributed by atoms with Crippen LogP contribution in [0.15, 0.2) is 24.3 Å². The summed E-state index contributed by atoms with van der Waals surface area (Å²) in [7, 11) is 1.56. The van der Waals surface area contributed by atoms with E-state index < -0.39 is 12.1 Å². The number of carbonyl (C=O) groups is 2.